The molecule has 5 rings (SSSR count). The Kier molecular flexibility index (Phi) is 5.97. The molecule has 2 amide bonds. The third kappa shape index (κ3) is 4.65. The summed E-state index contributed by atoms with van der Waals surface area (Å²) in [6.45, 7) is 6.25. The normalized spacial score (nSPS) is 30.8. The number of thioether (sulfide) groups is 1. The maximum Gasteiger partial charge on any atom is 0.234 e. The number of aryl methyl sites for hydroxylation is 2. The van der Waals surface area contributed by atoms with E-state index in [0.717, 1.165) is 29.0 Å². The molecular formula is C24H34N2O2S. The molecule has 0 aliphatic heterocycles. The van der Waals surface area contributed by atoms with Gasteiger partial charge in [0.1, 0.15) is 0 Å². The zero-order chi connectivity index (χ0) is 20.6. The van der Waals surface area contributed by atoms with Crippen LogP contribution in [0.15, 0.2) is 18.2 Å². The molecule has 158 valence electrons. The first-order valence-corrected chi connectivity index (χ1v) is 12.2. The van der Waals surface area contributed by atoms with Crippen molar-refractivity contribution in [1.29, 1.82) is 0 Å². The van der Waals surface area contributed by atoms with E-state index in [1.807, 2.05) is 26.0 Å². The minimum Gasteiger partial charge on any atom is -0.352 e. The van der Waals surface area contributed by atoms with Gasteiger partial charge in [-0.2, -0.15) is 0 Å². The van der Waals surface area contributed by atoms with Crippen LogP contribution >= 0.6 is 11.8 Å². The maximum absolute atomic E-state index is 12.5. The largest absolute Gasteiger partial charge is 0.352 e. The van der Waals surface area contributed by atoms with Crippen molar-refractivity contribution >= 4 is 29.3 Å². The highest BCUT2D eigenvalue weighted by Gasteiger charge is 2.53. The van der Waals surface area contributed by atoms with Gasteiger partial charge in [0.05, 0.1) is 11.5 Å². The van der Waals surface area contributed by atoms with Crippen LogP contribution in [0, 0.1) is 37.0 Å². The fourth-order valence-electron chi connectivity index (χ4n) is 6.52. The van der Waals surface area contributed by atoms with Gasteiger partial charge in [-0.05, 0) is 94.1 Å². The highest BCUT2D eigenvalue weighted by atomic mass is 32.2. The Morgan fingerprint density at radius 2 is 1.62 bits per heavy atom. The SMILES string of the molecule is Cc1ccc(NC(=O)CSCC(=O)N[C@H](C)C23CC4CC(CC(C4)C2)C3)c(C)c1. The molecule has 0 unspecified atom stereocenters. The lowest BCUT2D eigenvalue weighted by molar-refractivity contribution is -0.123. The molecule has 2 N–H and O–H groups in total. The molecule has 29 heavy (non-hydrogen) atoms. The van der Waals surface area contributed by atoms with Gasteiger partial charge in [-0.3, -0.25) is 9.59 Å². The summed E-state index contributed by atoms with van der Waals surface area (Å²) < 4.78 is 0. The maximum atomic E-state index is 12.5. The average molecular weight is 415 g/mol. The highest BCUT2D eigenvalue weighted by molar-refractivity contribution is 8.00. The number of hydrogen-bond donors (Lipinski definition) is 2. The Bertz CT molecular complexity index is 756. The van der Waals surface area contributed by atoms with Gasteiger partial charge in [0.25, 0.3) is 0 Å². The molecule has 4 bridgehead atoms. The van der Waals surface area contributed by atoms with Crippen LogP contribution in [0.5, 0.6) is 0 Å². The Morgan fingerprint density at radius 3 is 2.21 bits per heavy atom. The lowest BCUT2D eigenvalue weighted by Crippen LogP contribution is -2.56. The summed E-state index contributed by atoms with van der Waals surface area (Å²) in [6.07, 6.45) is 8.16. The first kappa shape index (κ1) is 20.8. The van der Waals surface area contributed by atoms with Crippen molar-refractivity contribution in [3.8, 4) is 0 Å². The number of carbonyl (C=O) groups is 2. The van der Waals surface area contributed by atoms with Crippen molar-refractivity contribution < 1.29 is 9.59 Å². The predicted octanol–water partition coefficient (Wildman–Crippen LogP) is 4.70. The Hall–Kier alpha value is -1.49. The standard InChI is InChI=1S/C24H34N2O2S/c1-15-4-5-21(16(2)6-15)26-23(28)14-29-13-22(27)25-17(3)24-10-18-7-19(11-24)9-20(8-18)12-24/h4-6,17-20H,7-14H2,1-3H3,(H,25,27)(H,26,28)/t17-,18?,19?,20?,24?/m1/s1. The molecule has 1 atom stereocenters. The second-order valence-electron chi connectivity index (χ2n) is 9.93. The van der Waals surface area contributed by atoms with Gasteiger partial charge >= 0.3 is 0 Å². The number of rotatable bonds is 7. The number of carbonyl (C=O) groups excluding carboxylic acids is 2. The number of hydrogen-bond acceptors (Lipinski definition) is 3. The summed E-state index contributed by atoms with van der Waals surface area (Å²) in [5.74, 6) is 3.34. The van der Waals surface area contributed by atoms with Crippen molar-refractivity contribution in [2.24, 2.45) is 23.2 Å². The molecule has 0 radical (unpaired) electrons. The fourth-order valence-corrected chi connectivity index (χ4v) is 7.15. The number of anilines is 1. The van der Waals surface area contributed by atoms with Crippen LogP contribution in [0.25, 0.3) is 0 Å². The molecule has 5 heteroatoms. The summed E-state index contributed by atoms with van der Waals surface area (Å²) in [5.41, 5.74) is 3.42. The molecule has 4 aliphatic carbocycles. The van der Waals surface area contributed by atoms with E-state index in [4.69, 9.17) is 0 Å². The minimum atomic E-state index is -0.0520. The van der Waals surface area contributed by atoms with Crippen molar-refractivity contribution in [2.45, 2.75) is 65.3 Å². The molecule has 0 saturated heterocycles. The summed E-state index contributed by atoms with van der Waals surface area (Å²) in [4.78, 5) is 24.7. The number of benzene rings is 1. The van der Waals surface area contributed by atoms with Crippen LogP contribution in [0.3, 0.4) is 0 Å². The van der Waals surface area contributed by atoms with Gasteiger partial charge in [-0.15, -0.1) is 11.8 Å². The summed E-state index contributed by atoms with van der Waals surface area (Å²) in [5, 5.41) is 6.23. The van der Waals surface area contributed by atoms with E-state index in [1.165, 1.54) is 55.9 Å². The molecule has 4 aliphatic rings. The molecule has 4 nitrogen and oxygen atoms in total. The van der Waals surface area contributed by atoms with Crippen molar-refractivity contribution in [2.75, 3.05) is 16.8 Å². The van der Waals surface area contributed by atoms with E-state index in [2.05, 4.69) is 23.6 Å². The van der Waals surface area contributed by atoms with Crippen LogP contribution in [0.1, 0.15) is 56.6 Å². The third-order valence-electron chi connectivity index (χ3n) is 7.50. The zero-order valence-corrected chi connectivity index (χ0v) is 18.7. The average Bonchev–Trinajstić information content (AvgIpc) is 2.63. The molecule has 1 aromatic rings. The van der Waals surface area contributed by atoms with E-state index < -0.39 is 0 Å². The predicted molar refractivity (Wildman–Crippen MR) is 120 cm³/mol. The Balaban J connectivity index is 1.21. The molecule has 4 fully saturated rings. The van der Waals surface area contributed by atoms with Crippen LogP contribution in [0.4, 0.5) is 5.69 Å². The van der Waals surface area contributed by atoms with Crippen LogP contribution < -0.4 is 10.6 Å². The molecule has 0 spiro atoms. The van der Waals surface area contributed by atoms with Gasteiger partial charge in [0, 0.05) is 11.7 Å². The lowest BCUT2D eigenvalue weighted by Gasteiger charge is -2.59. The lowest BCUT2D eigenvalue weighted by atomic mass is 9.48. The molecule has 1 aromatic carbocycles. The highest BCUT2D eigenvalue weighted by Crippen LogP contribution is 2.61. The number of amides is 2. The van der Waals surface area contributed by atoms with Crippen LogP contribution in [-0.4, -0.2) is 29.4 Å². The van der Waals surface area contributed by atoms with Crippen molar-refractivity contribution in [3.63, 3.8) is 0 Å². The Labute approximate surface area is 179 Å². The van der Waals surface area contributed by atoms with Gasteiger partial charge in [-0.25, -0.2) is 0 Å². The van der Waals surface area contributed by atoms with E-state index in [9.17, 15) is 9.59 Å². The van der Waals surface area contributed by atoms with Gasteiger partial charge in [0.15, 0.2) is 0 Å². The molecule has 4 saturated carbocycles. The first-order valence-electron chi connectivity index (χ1n) is 11.1. The van der Waals surface area contributed by atoms with Crippen molar-refractivity contribution in [3.05, 3.63) is 29.3 Å². The topological polar surface area (TPSA) is 58.2 Å². The monoisotopic (exact) mass is 414 g/mol. The van der Waals surface area contributed by atoms with E-state index in [-0.39, 0.29) is 17.9 Å². The van der Waals surface area contributed by atoms with Crippen molar-refractivity contribution in [1.82, 2.24) is 5.32 Å². The van der Waals surface area contributed by atoms with Crippen LogP contribution in [0.2, 0.25) is 0 Å². The summed E-state index contributed by atoms with van der Waals surface area (Å²) in [7, 11) is 0. The number of nitrogens with one attached hydrogen (secondary N) is 2. The molecular weight excluding hydrogens is 380 g/mol. The van der Waals surface area contributed by atoms with Gasteiger partial charge in [-0.1, -0.05) is 17.7 Å². The fraction of sp³-hybridized carbons (Fsp3) is 0.667. The Morgan fingerprint density at radius 1 is 1.03 bits per heavy atom. The zero-order valence-electron chi connectivity index (χ0n) is 17.9. The van der Waals surface area contributed by atoms with E-state index in [1.54, 1.807) is 0 Å². The quantitative estimate of drug-likeness (QED) is 0.680. The van der Waals surface area contributed by atoms with Gasteiger partial charge < -0.3 is 10.6 Å². The second-order valence-corrected chi connectivity index (χ2v) is 10.9. The van der Waals surface area contributed by atoms with E-state index in [0.29, 0.717) is 16.9 Å². The van der Waals surface area contributed by atoms with Gasteiger partial charge in [0.2, 0.25) is 11.8 Å². The first-order chi connectivity index (χ1) is 13.8. The molecule has 0 heterocycles. The third-order valence-corrected chi connectivity index (χ3v) is 8.44. The molecule has 0 aromatic heterocycles. The van der Waals surface area contributed by atoms with Crippen LogP contribution in [-0.2, 0) is 9.59 Å². The summed E-state index contributed by atoms with van der Waals surface area (Å²) in [6, 6.07) is 6.23. The van der Waals surface area contributed by atoms with E-state index >= 15 is 0 Å². The smallest absolute Gasteiger partial charge is 0.234 e. The second kappa shape index (κ2) is 8.33. The summed E-state index contributed by atoms with van der Waals surface area (Å²) >= 11 is 1.39. The minimum absolute atomic E-state index is 0.0520.